The molecule has 0 saturated heterocycles. The third kappa shape index (κ3) is 4.33. The van der Waals surface area contributed by atoms with Crippen molar-refractivity contribution in [1.29, 1.82) is 0 Å². The minimum absolute atomic E-state index is 0.0605. The van der Waals surface area contributed by atoms with E-state index in [1.165, 1.54) is 6.92 Å². The highest BCUT2D eigenvalue weighted by atomic mass is 16.5. The predicted molar refractivity (Wildman–Crippen MR) is 103 cm³/mol. The number of hydrogen-bond acceptors (Lipinski definition) is 3. The van der Waals surface area contributed by atoms with Gasteiger partial charge in [-0.25, -0.2) is 0 Å². The number of esters is 1. The molecule has 0 spiro atoms. The number of allylic oxidation sites excluding steroid dienone is 1. The fourth-order valence-electron chi connectivity index (χ4n) is 2.61. The molecule has 26 heavy (non-hydrogen) atoms. The second kappa shape index (κ2) is 8.08. The predicted octanol–water partition coefficient (Wildman–Crippen LogP) is 5.04. The lowest BCUT2D eigenvalue weighted by atomic mass is 9.94. The number of benzene rings is 3. The van der Waals surface area contributed by atoms with Crippen LogP contribution in [-0.2, 0) is 4.79 Å². The normalized spacial score (nSPS) is 11.0. The molecule has 0 aromatic heterocycles. The first-order valence-corrected chi connectivity index (χ1v) is 8.29. The minimum Gasteiger partial charge on any atom is -0.427 e. The first-order valence-electron chi connectivity index (χ1n) is 8.29. The standard InChI is InChI=1S/C23H18O3/c1-17(24)26-21-14-12-19(13-15-21)22(16-18-8-4-2-5-9-18)23(25)20-10-6-3-7-11-20/h2-16H,1H3/b22-16+. The molecule has 0 fully saturated rings. The average Bonchev–Trinajstić information content (AvgIpc) is 2.67. The van der Waals surface area contributed by atoms with Crippen LogP contribution in [0.1, 0.15) is 28.4 Å². The zero-order valence-corrected chi connectivity index (χ0v) is 14.4. The van der Waals surface area contributed by atoms with Crippen molar-refractivity contribution in [3.63, 3.8) is 0 Å². The molecule has 0 aliphatic rings. The molecular formula is C23H18O3. The van der Waals surface area contributed by atoms with Crippen LogP contribution in [0.3, 0.4) is 0 Å². The Morgan fingerprint density at radius 3 is 1.88 bits per heavy atom. The van der Waals surface area contributed by atoms with Crippen molar-refractivity contribution in [3.8, 4) is 5.75 Å². The third-order valence-corrected chi connectivity index (χ3v) is 3.82. The number of carbonyl (C=O) groups is 2. The molecule has 0 amide bonds. The van der Waals surface area contributed by atoms with Gasteiger partial charge in [0.1, 0.15) is 5.75 Å². The van der Waals surface area contributed by atoms with Gasteiger partial charge in [0.2, 0.25) is 0 Å². The lowest BCUT2D eigenvalue weighted by Gasteiger charge is -2.09. The highest BCUT2D eigenvalue weighted by molar-refractivity contribution is 6.32. The average molecular weight is 342 g/mol. The summed E-state index contributed by atoms with van der Waals surface area (Å²) in [7, 11) is 0. The number of ketones is 1. The molecule has 0 aliphatic carbocycles. The third-order valence-electron chi connectivity index (χ3n) is 3.82. The lowest BCUT2D eigenvalue weighted by Crippen LogP contribution is -2.04. The number of carbonyl (C=O) groups excluding carboxylic acids is 2. The first-order chi connectivity index (χ1) is 12.6. The Labute approximate surface area is 152 Å². The van der Waals surface area contributed by atoms with Crippen molar-refractivity contribution in [2.45, 2.75) is 6.92 Å². The number of Topliss-reactive ketones (excluding diaryl/α,β-unsaturated/α-hetero) is 1. The molecule has 3 aromatic carbocycles. The number of rotatable bonds is 5. The maximum absolute atomic E-state index is 13.1. The molecule has 0 aliphatic heterocycles. The maximum atomic E-state index is 13.1. The van der Waals surface area contributed by atoms with Crippen LogP contribution in [0.15, 0.2) is 84.9 Å². The van der Waals surface area contributed by atoms with E-state index in [2.05, 4.69) is 0 Å². The van der Waals surface area contributed by atoms with E-state index >= 15 is 0 Å². The number of ether oxygens (including phenoxy) is 1. The van der Waals surface area contributed by atoms with Gasteiger partial charge in [-0.1, -0.05) is 72.8 Å². The molecule has 0 N–H and O–H groups in total. The Bertz CT molecular complexity index is 924. The van der Waals surface area contributed by atoms with Gasteiger partial charge < -0.3 is 4.74 Å². The van der Waals surface area contributed by atoms with Gasteiger partial charge in [-0.15, -0.1) is 0 Å². The van der Waals surface area contributed by atoms with Gasteiger partial charge in [0, 0.05) is 18.1 Å². The fourth-order valence-corrected chi connectivity index (χ4v) is 2.61. The van der Waals surface area contributed by atoms with Gasteiger partial charge in [0.25, 0.3) is 0 Å². The van der Waals surface area contributed by atoms with E-state index in [9.17, 15) is 9.59 Å². The Balaban J connectivity index is 2.02. The van der Waals surface area contributed by atoms with Crippen molar-refractivity contribution < 1.29 is 14.3 Å². The number of hydrogen-bond donors (Lipinski definition) is 0. The summed E-state index contributed by atoms with van der Waals surface area (Å²) in [6.07, 6.45) is 1.87. The van der Waals surface area contributed by atoms with Crippen LogP contribution in [-0.4, -0.2) is 11.8 Å². The molecule has 3 nitrogen and oxygen atoms in total. The van der Waals surface area contributed by atoms with Gasteiger partial charge in [-0.05, 0) is 29.3 Å². The topological polar surface area (TPSA) is 43.4 Å². The molecule has 3 heteroatoms. The first kappa shape index (κ1) is 17.4. The lowest BCUT2D eigenvalue weighted by molar-refractivity contribution is -0.131. The van der Waals surface area contributed by atoms with Crippen LogP contribution in [0.4, 0.5) is 0 Å². The van der Waals surface area contributed by atoms with Crippen molar-refractivity contribution in [1.82, 2.24) is 0 Å². The Kier molecular flexibility index (Phi) is 5.40. The van der Waals surface area contributed by atoms with Crippen LogP contribution < -0.4 is 4.74 Å². The second-order valence-electron chi connectivity index (χ2n) is 5.78. The molecule has 0 saturated carbocycles. The van der Waals surface area contributed by atoms with Crippen LogP contribution >= 0.6 is 0 Å². The van der Waals surface area contributed by atoms with Gasteiger partial charge in [0.05, 0.1) is 0 Å². The summed E-state index contributed by atoms with van der Waals surface area (Å²) in [6.45, 7) is 1.35. The molecule has 3 rings (SSSR count). The zero-order valence-electron chi connectivity index (χ0n) is 14.4. The van der Waals surface area contributed by atoms with E-state index < -0.39 is 0 Å². The SMILES string of the molecule is CC(=O)Oc1ccc(/C(=C\c2ccccc2)C(=O)c2ccccc2)cc1. The quantitative estimate of drug-likeness (QED) is 0.215. The minimum atomic E-state index is -0.377. The van der Waals surface area contributed by atoms with Crippen LogP contribution in [0, 0.1) is 0 Å². The second-order valence-corrected chi connectivity index (χ2v) is 5.78. The Morgan fingerprint density at radius 2 is 1.31 bits per heavy atom. The van der Waals surface area contributed by atoms with Crippen molar-refractivity contribution in [3.05, 3.63) is 102 Å². The van der Waals surface area contributed by atoms with Gasteiger partial charge in [-0.3, -0.25) is 9.59 Å². The van der Waals surface area contributed by atoms with E-state index in [-0.39, 0.29) is 11.8 Å². The maximum Gasteiger partial charge on any atom is 0.308 e. The highest BCUT2D eigenvalue weighted by Crippen LogP contribution is 2.25. The van der Waals surface area contributed by atoms with E-state index in [1.54, 1.807) is 36.4 Å². The fraction of sp³-hybridized carbons (Fsp3) is 0.0435. The summed E-state index contributed by atoms with van der Waals surface area (Å²) >= 11 is 0. The van der Waals surface area contributed by atoms with Gasteiger partial charge in [0.15, 0.2) is 5.78 Å². The zero-order chi connectivity index (χ0) is 18.4. The molecule has 0 heterocycles. The molecular weight excluding hydrogens is 324 g/mol. The molecule has 0 unspecified atom stereocenters. The van der Waals surface area contributed by atoms with Crippen LogP contribution in [0.5, 0.6) is 5.75 Å². The summed E-state index contributed by atoms with van der Waals surface area (Å²) in [4.78, 5) is 24.1. The summed E-state index contributed by atoms with van der Waals surface area (Å²) < 4.78 is 5.07. The summed E-state index contributed by atoms with van der Waals surface area (Å²) in [5.41, 5.74) is 2.91. The van der Waals surface area contributed by atoms with Crippen LogP contribution in [0.25, 0.3) is 11.6 Å². The Hall–Kier alpha value is -3.46. The van der Waals surface area contributed by atoms with E-state index in [0.29, 0.717) is 16.9 Å². The summed E-state index contributed by atoms with van der Waals surface area (Å²) in [5, 5.41) is 0. The molecule has 0 atom stereocenters. The van der Waals surface area contributed by atoms with Crippen molar-refractivity contribution in [2.24, 2.45) is 0 Å². The summed E-state index contributed by atoms with van der Waals surface area (Å²) in [6, 6.07) is 25.8. The van der Waals surface area contributed by atoms with Crippen molar-refractivity contribution >= 4 is 23.4 Å². The van der Waals surface area contributed by atoms with E-state index in [1.807, 2.05) is 54.6 Å². The van der Waals surface area contributed by atoms with Gasteiger partial charge >= 0.3 is 5.97 Å². The molecule has 0 radical (unpaired) electrons. The van der Waals surface area contributed by atoms with E-state index in [0.717, 1.165) is 11.1 Å². The smallest absolute Gasteiger partial charge is 0.308 e. The highest BCUT2D eigenvalue weighted by Gasteiger charge is 2.14. The monoisotopic (exact) mass is 342 g/mol. The summed E-state index contributed by atoms with van der Waals surface area (Å²) in [5.74, 6) is 0.0142. The molecule has 3 aromatic rings. The molecule has 128 valence electrons. The largest absolute Gasteiger partial charge is 0.427 e. The Morgan fingerprint density at radius 1 is 0.731 bits per heavy atom. The van der Waals surface area contributed by atoms with Crippen molar-refractivity contribution in [2.75, 3.05) is 0 Å². The van der Waals surface area contributed by atoms with Crippen LogP contribution in [0.2, 0.25) is 0 Å². The molecule has 0 bridgehead atoms. The van der Waals surface area contributed by atoms with Gasteiger partial charge in [-0.2, -0.15) is 0 Å². The van der Waals surface area contributed by atoms with E-state index in [4.69, 9.17) is 4.74 Å².